The highest BCUT2D eigenvalue weighted by atomic mass is 16.2. The molecular weight excluding hydrogens is 352 g/mol. The van der Waals surface area contributed by atoms with Gasteiger partial charge >= 0.3 is 0 Å². The Morgan fingerprint density at radius 3 is 2.64 bits per heavy atom. The number of amides is 2. The van der Waals surface area contributed by atoms with Gasteiger partial charge in [-0.3, -0.25) is 14.3 Å². The minimum absolute atomic E-state index is 0.0681. The van der Waals surface area contributed by atoms with Crippen molar-refractivity contribution in [1.82, 2.24) is 15.1 Å². The third-order valence-electron chi connectivity index (χ3n) is 5.14. The van der Waals surface area contributed by atoms with Crippen LogP contribution in [0.15, 0.2) is 24.3 Å². The van der Waals surface area contributed by atoms with Crippen molar-refractivity contribution in [3.8, 4) is 0 Å². The van der Waals surface area contributed by atoms with E-state index in [-0.39, 0.29) is 17.9 Å². The molecule has 3 rings (SSSR count). The van der Waals surface area contributed by atoms with Crippen LogP contribution in [0.1, 0.15) is 53.1 Å². The number of rotatable bonds is 4. The third-order valence-corrected chi connectivity index (χ3v) is 5.14. The highest BCUT2D eigenvalue weighted by Gasteiger charge is 2.25. The van der Waals surface area contributed by atoms with Gasteiger partial charge in [-0.15, -0.1) is 0 Å². The molecule has 1 aliphatic heterocycles. The van der Waals surface area contributed by atoms with Gasteiger partial charge in [-0.25, -0.2) is 0 Å². The van der Waals surface area contributed by atoms with Crippen LogP contribution in [0.5, 0.6) is 0 Å². The molecule has 6 nitrogen and oxygen atoms in total. The number of hydrogen-bond acceptors (Lipinski definition) is 3. The van der Waals surface area contributed by atoms with Gasteiger partial charge in [0.2, 0.25) is 0 Å². The van der Waals surface area contributed by atoms with Gasteiger partial charge in [0, 0.05) is 48.2 Å². The molecule has 148 valence electrons. The van der Waals surface area contributed by atoms with Crippen molar-refractivity contribution in [1.29, 1.82) is 0 Å². The number of nitrogens with one attached hydrogen (secondary N) is 1. The number of fused-ring (bicyclic) bond motifs is 1. The zero-order valence-corrected chi connectivity index (χ0v) is 17.2. The molecule has 28 heavy (non-hydrogen) atoms. The van der Waals surface area contributed by atoms with E-state index in [0.29, 0.717) is 12.1 Å². The second-order valence-electron chi connectivity index (χ2n) is 7.57. The zero-order valence-electron chi connectivity index (χ0n) is 17.2. The van der Waals surface area contributed by atoms with E-state index >= 15 is 0 Å². The summed E-state index contributed by atoms with van der Waals surface area (Å²) in [5, 5.41) is 7.34. The van der Waals surface area contributed by atoms with E-state index in [0.717, 1.165) is 41.0 Å². The van der Waals surface area contributed by atoms with Crippen molar-refractivity contribution in [2.45, 2.75) is 46.6 Å². The molecule has 0 aliphatic carbocycles. The van der Waals surface area contributed by atoms with Gasteiger partial charge in [0.05, 0.1) is 5.69 Å². The lowest BCUT2D eigenvalue weighted by Crippen LogP contribution is -2.36. The van der Waals surface area contributed by atoms with Crippen LogP contribution in [0.4, 0.5) is 5.69 Å². The van der Waals surface area contributed by atoms with Crippen LogP contribution in [0, 0.1) is 13.8 Å². The fraction of sp³-hybridized carbons (Fsp3) is 0.409. The summed E-state index contributed by atoms with van der Waals surface area (Å²) in [7, 11) is 1.89. The predicted octanol–water partition coefficient (Wildman–Crippen LogP) is 3.17. The van der Waals surface area contributed by atoms with Crippen molar-refractivity contribution >= 4 is 23.6 Å². The lowest BCUT2D eigenvalue weighted by atomic mass is 9.95. The molecule has 6 heteroatoms. The van der Waals surface area contributed by atoms with Crippen LogP contribution in [-0.2, 0) is 18.3 Å². The van der Waals surface area contributed by atoms with Gasteiger partial charge in [-0.2, -0.15) is 5.10 Å². The topological polar surface area (TPSA) is 67.2 Å². The summed E-state index contributed by atoms with van der Waals surface area (Å²) in [6.07, 6.45) is 5.07. The second kappa shape index (κ2) is 8.00. The van der Waals surface area contributed by atoms with E-state index < -0.39 is 0 Å². The summed E-state index contributed by atoms with van der Waals surface area (Å²) in [5.41, 5.74) is 5.33. The maximum Gasteiger partial charge on any atom is 0.251 e. The molecule has 2 aromatic rings. The van der Waals surface area contributed by atoms with Crippen LogP contribution < -0.4 is 10.2 Å². The maximum atomic E-state index is 12.9. The van der Waals surface area contributed by atoms with Crippen molar-refractivity contribution in [3.05, 3.63) is 52.4 Å². The Labute approximate surface area is 166 Å². The molecule has 0 bridgehead atoms. The largest absolute Gasteiger partial charge is 0.350 e. The van der Waals surface area contributed by atoms with Gasteiger partial charge in [0.15, 0.2) is 0 Å². The first-order chi connectivity index (χ1) is 13.3. The number of anilines is 1. The van der Waals surface area contributed by atoms with Crippen LogP contribution in [0.3, 0.4) is 0 Å². The van der Waals surface area contributed by atoms with Crippen LogP contribution in [0.25, 0.3) is 6.08 Å². The van der Waals surface area contributed by atoms with E-state index in [1.807, 2.05) is 63.7 Å². The van der Waals surface area contributed by atoms with Gasteiger partial charge < -0.3 is 10.2 Å². The number of aryl methyl sites for hydroxylation is 2. The quantitative estimate of drug-likeness (QED) is 0.829. The number of carbonyl (C=O) groups is 2. The fourth-order valence-corrected chi connectivity index (χ4v) is 3.68. The van der Waals surface area contributed by atoms with E-state index in [1.165, 1.54) is 0 Å². The monoisotopic (exact) mass is 380 g/mol. The average Bonchev–Trinajstić information content (AvgIpc) is 2.89. The molecule has 0 fully saturated rings. The Bertz CT molecular complexity index is 940. The molecule has 2 amide bonds. The van der Waals surface area contributed by atoms with Crippen LogP contribution >= 0.6 is 0 Å². The van der Waals surface area contributed by atoms with Crippen molar-refractivity contribution < 1.29 is 9.59 Å². The van der Waals surface area contributed by atoms with Gasteiger partial charge in [0.25, 0.3) is 11.8 Å². The highest BCUT2D eigenvalue weighted by molar-refractivity contribution is 6.06. The second-order valence-corrected chi connectivity index (χ2v) is 7.57. The molecule has 0 spiro atoms. The Balaban J connectivity index is 1.89. The third kappa shape index (κ3) is 3.86. The molecule has 0 saturated heterocycles. The molecule has 0 radical (unpaired) electrons. The summed E-state index contributed by atoms with van der Waals surface area (Å²) in [4.78, 5) is 27.3. The number of nitrogens with zero attached hydrogens (tertiary/aromatic N) is 3. The normalized spacial score (nSPS) is 13.9. The highest BCUT2D eigenvalue weighted by Crippen LogP contribution is 2.30. The molecule has 1 aliphatic rings. The number of benzene rings is 1. The number of carbonyl (C=O) groups excluding carboxylic acids is 2. The predicted molar refractivity (Wildman–Crippen MR) is 111 cm³/mol. The van der Waals surface area contributed by atoms with E-state index in [4.69, 9.17) is 0 Å². The van der Waals surface area contributed by atoms with E-state index in [9.17, 15) is 9.59 Å². The summed E-state index contributed by atoms with van der Waals surface area (Å²) in [6.45, 7) is 8.45. The van der Waals surface area contributed by atoms with Crippen molar-refractivity contribution in [2.24, 2.45) is 7.05 Å². The molecule has 1 aromatic heterocycles. The van der Waals surface area contributed by atoms with Crippen LogP contribution in [-0.4, -0.2) is 34.2 Å². The van der Waals surface area contributed by atoms with Gasteiger partial charge in [0.1, 0.15) is 0 Å². The first kappa shape index (κ1) is 19.9. The smallest absolute Gasteiger partial charge is 0.251 e. The van der Waals surface area contributed by atoms with E-state index in [1.54, 1.807) is 11.0 Å². The minimum atomic E-state index is -0.0849. The van der Waals surface area contributed by atoms with Gasteiger partial charge in [-0.1, -0.05) is 6.07 Å². The molecular formula is C22H28N4O2. The van der Waals surface area contributed by atoms with Crippen molar-refractivity contribution in [3.63, 3.8) is 0 Å². The molecule has 0 unspecified atom stereocenters. The zero-order chi connectivity index (χ0) is 20.4. The standard InChI is InChI=1S/C22H28N4O2/c1-14(2)23-22(28)19-8-6-10-20-18(19)9-7-13-26(20)21(27)12-11-17-15(3)24-25(5)16(17)4/h6,8,10-12,14H,7,9,13H2,1-5H3,(H,23,28). The SMILES string of the molecule is Cc1nn(C)c(C)c1C=CC(=O)N1CCCc2c(C(=O)NC(C)C)cccc21. The lowest BCUT2D eigenvalue weighted by molar-refractivity contribution is -0.114. The number of aromatic nitrogens is 2. The van der Waals surface area contributed by atoms with E-state index in [2.05, 4.69) is 10.4 Å². The number of hydrogen-bond donors (Lipinski definition) is 1. The Morgan fingerprint density at radius 1 is 1.25 bits per heavy atom. The first-order valence-corrected chi connectivity index (χ1v) is 9.72. The first-order valence-electron chi connectivity index (χ1n) is 9.72. The van der Waals surface area contributed by atoms with Crippen molar-refractivity contribution in [2.75, 3.05) is 11.4 Å². The minimum Gasteiger partial charge on any atom is -0.350 e. The fourth-order valence-electron chi connectivity index (χ4n) is 3.68. The molecule has 0 saturated carbocycles. The van der Waals surface area contributed by atoms with Crippen LogP contribution in [0.2, 0.25) is 0 Å². The Hall–Kier alpha value is -2.89. The Kier molecular flexibility index (Phi) is 5.68. The summed E-state index contributed by atoms with van der Waals surface area (Å²) < 4.78 is 1.81. The summed E-state index contributed by atoms with van der Waals surface area (Å²) >= 11 is 0. The summed E-state index contributed by atoms with van der Waals surface area (Å²) in [6, 6.07) is 5.67. The molecule has 2 heterocycles. The lowest BCUT2D eigenvalue weighted by Gasteiger charge is -2.30. The van der Waals surface area contributed by atoms with Gasteiger partial charge in [-0.05, 0) is 64.3 Å². The molecule has 1 aromatic carbocycles. The molecule has 0 atom stereocenters. The summed E-state index contributed by atoms with van der Waals surface area (Å²) in [5.74, 6) is -0.164. The maximum absolute atomic E-state index is 12.9. The Morgan fingerprint density at radius 2 is 2.00 bits per heavy atom. The average molecular weight is 380 g/mol. The molecule has 1 N–H and O–H groups in total.